The van der Waals surface area contributed by atoms with Crippen molar-refractivity contribution >= 4 is 21.5 Å². The van der Waals surface area contributed by atoms with E-state index in [9.17, 15) is 9.50 Å². The van der Waals surface area contributed by atoms with Crippen LogP contribution in [0.5, 0.6) is 5.75 Å². The highest BCUT2D eigenvalue weighted by Crippen LogP contribution is 2.36. The molecule has 0 spiro atoms. The predicted molar refractivity (Wildman–Crippen MR) is 61.5 cm³/mol. The van der Waals surface area contributed by atoms with Crippen molar-refractivity contribution in [1.82, 2.24) is 0 Å². The topological polar surface area (TPSA) is 19.9 Å². The van der Waals surface area contributed by atoms with Gasteiger partial charge in [-0.05, 0) is 0 Å². The smallest absolute Gasteiger partial charge is 0.194 e. The number of hydrogen-bond donors (Lipinski definition) is 0. The zero-order chi connectivity index (χ0) is 11.1. The highest BCUT2D eigenvalue weighted by Gasteiger charge is 2.13. The quantitative estimate of drug-likeness (QED) is 0.495. The molecule has 0 atom stereocenters. The molecule has 0 saturated heterocycles. The van der Waals surface area contributed by atoms with E-state index >= 15 is 0 Å². The molecule has 0 aliphatic heterocycles. The van der Waals surface area contributed by atoms with E-state index in [-0.39, 0.29) is 11.6 Å². The minimum atomic E-state index is -0.314. The molecule has 0 N–H and O–H groups in total. The summed E-state index contributed by atoms with van der Waals surface area (Å²) in [6.45, 7) is 0. The number of benzene rings is 3. The van der Waals surface area contributed by atoms with Crippen LogP contribution in [-0.2, 0) is 5.11 Å². The van der Waals surface area contributed by atoms with Crippen molar-refractivity contribution in [1.29, 1.82) is 0 Å². The van der Waals surface area contributed by atoms with Gasteiger partial charge >= 0.3 is 0 Å². The molecule has 1 nitrogen and oxygen atoms in total. The van der Waals surface area contributed by atoms with Crippen molar-refractivity contribution in [2.45, 2.75) is 0 Å². The summed E-state index contributed by atoms with van der Waals surface area (Å²) in [5, 5.41) is 13.7. The van der Waals surface area contributed by atoms with Crippen LogP contribution in [0.25, 0.3) is 21.5 Å². The summed E-state index contributed by atoms with van der Waals surface area (Å²) in [5.41, 5.74) is 0. The number of halogens is 1. The van der Waals surface area contributed by atoms with E-state index in [1.165, 1.54) is 0 Å². The van der Waals surface area contributed by atoms with Gasteiger partial charge < -0.3 is 0 Å². The fourth-order valence-corrected chi connectivity index (χ4v) is 2.04. The molecule has 0 fully saturated rings. The van der Waals surface area contributed by atoms with Crippen LogP contribution >= 0.6 is 0 Å². The molecule has 0 amide bonds. The second-order valence-corrected chi connectivity index (χ2v) is 3.73. The van der Waals surface area contributed by atoms with Crippen LogP contribution in [-0.4, -0.2) is 0 Å². The van der Waals surface area contributed by atoms with Gasteiger partial charge in [0.15, 0.2) is 5.75 Å². The zero-order valence-electron chi connectivity index (χ0n) is 8.41. The molecule has 0 unspecified atom stereocenters. The Labute approximate surface area is 91.8 Å². The summed E-state index contributed by atoms with van der Waals surface area (Å²) in [6.07, 6.45) is 0. The number of rotatable bonds is 0. The monoisotopic (exact) mass is 211 g/mol. The molecule has 3 rings (SSSR count). The SMILES string of the molecule is [O]c1c2ccccc2c(F)c2ccccc12. The molecule has 16 heavy (non-hydrogen) atoms. The van der Waals surface area contributed by atoms with E-state index in [1.54, 1.807) is 48.5 Å². The first kappa shape index (κ1) is 9.16. The molecular weight excluding hydrogens is 203 g/mol. The average Bonchev–Trinajstić information content (AvgIpc) is 2.36. The first-order valence-corrected chi connectivity index (χ1v) is 5.05. The summed E-state index contributed by atoms with van der Waals surface area (Å²) in [5.74, 6) is -0.418. The Morgan fingerprint density at radius 2 is 1.06 bits per heavy atom. The Hall–Kier alpha value is -2.09. The number of fused-ring (bicyclic) bond motifs is 2. The van der Waals surface area contributed by atoms with Crippen LogP contribution in [0.1, 0.15) is 0 Å². The Balaban J connectivity index is 2.67. The highest BCUT2D eigenvalue weighted by atomic mass is 19.1. The maximum atomic E-state index is 14.1. The van der Waals surface area contributed by atoms with Gasteiger partial charge in [0.05, 0.1) is 0 Å². The van der Waals surface area contributed by atoms with E-state index in [0.717, 1.165) is 0 Å². The Morgan fingerprint density at radius 1 is 0.688 bits per heavy atom. The van der Waals surface area contributed by atoms with Gasteiger partial charge in [-0.3, -0.25) is 5.11 Å². The van der Waals surface area contributed by atoms with E-state index in [4.69, 9.17) is 0 Å². The molecule has 3 aromatic rings. The van der Waals surface area contributed by atoms with E-state index in [2.05, 4.69) is 0 Å². The molecule has 0 saturated carbocycles. The summed E-state index contributed by atoms with van der Waals surface area (Å²) in [7, 11) is 0. The van der Waals surface area contributed by atoms with Gasteiger partial charge in [0.1, 0.15) is 5.82 Å². The molecule has 0 bridgehead atoms. The predicted octanol–water partition coefficient (Wildman–Crippen LogP) is 4.28. The van der Waals surface area contributed by atoms with Crippen molar-refractivity contribution < 1.29 is 9.50 Å². The highest BCUT2D eigenvalue weighted by molar-refractivity contribution is 6.05. The first-order valence-electron chi connectivity index (χ1n) is 5.05. The van der Waals surface area contributed by atoms with Gasteiger partial charge in [0.2, 0.25) is 0 Å². The van der Waals surface area contributed by atoms with Crippen molar-refractivity contribution in [3.05, 3.63) is 54.3 Å². The van der Waals surface area contributed by atoms with Crippen molar-refractivity contribution in [2.75, 3.05) is 0 Å². The van der Waals surface area contributed by atoms with Crippen molar-refractivity contribution in [2.24, 2.45) is 0 Å². The average molecular weight is 211 g/mol. The van der Waals surface area contributed by atoms with Crippen LogP contribution in [0.4, 0.5) is 4.39 Å². The third-order valence-electron chi connectivity index (χ3n) is 2.82. The van der Waals surface area contributed by atoms with Gasteiger partial charge in [0.25, 0.3) is 0 Å². The lowest BCUT2D eigenvalue weighted by Gasteiger charge is -2.05. The second kappa shape index (κ2) is 3.20. The minimum Gasteiger partial charge on any atom is -0.289 e. The molecule has 0 aromatic heterocycles. The maximum Gasteiger partial charge on any atom is 0.194 e. The lowest BCUT2D eigenvalue weighted by atomic mass is 10.0. The largest absolute Gasteiger partial charge is 0.289 e. The Kier molecular flexibility index (Phi) is 1.83. The molecule has 77 valence electrons. The molecule has 2 heteroatoms. The molecule has 0 aliphatic carbocycles. The third-order valence-corrected chi connectivity index (χ3v) is 2.82. The van der Waals surface area contributed by atoms with Gasteiger partial charge in [-0.2, -0.15) is 0 Å². The second-order valence-electron chi connectivity index (χ2n) is 3.73. The fourth-order valence-electron chi connectivity index (χ4n) is 2.04. The number of hydrogen-bond acceptors (Lipinski definition) is 0. The summed E-state index contributed by atoms with van der Waals surface area (Å²) < 4.78 is 14.1. The van der Waals surface area contributed by atoms with Gasteiger partial charge in [-0.1, -0.05) is 48.5 Å². The van der Waals surface area contributed by atoms with E-state index < -0.39 is 0 Å². The first-order chi connectivity index (χ1) is 7.79. The van der Waals surface area contributed by atoms with Crippen molar-refractivity contribution in [3.63, 3.8) is 0 Å². The van der Waals surface area contributed by atoms with Crippen LogP contribution in [0.15, 0.2) is 48.5 Å². The standard InChI is InChI=1S/C14H8FO/c15-13-9-5-1-3-7-11(9)14(16)12-8-4-2-6-10(12)13/h1-8H. The van der Waals surface area contributed by atoms with E-state index in [1.807, 2.05) is 0 Å². The van der Waals surface area contributed by atoms with Crippen LogP contribution in [0, 0.1) is 5.82 Å². The third kappa shape index (κ3) is 1.10. The Bertz CT molecular complexity index is 572. The molecular formula is C14H8FO. The Morgan fingerprint density at radius 3 is 1.50 bits per heavy atom. The maximum absolute atomic E-state index is 14.1. The molecule has 0 aliphatic rings. The van der Waals surface area contributed by atoms with Crippen LogP contribution in [0.3, 0.4) is 0 Å². The van der Waals surface area contributed by atoms with Gasteiger partial charge in [-0.25, -0.2) is 4.39 Å². The zero-order valence-corrected chi connectivity index (χ0v) is 8.41. The van der Waals surface area contributed by atoms with Gasteiger partial charge in [-0.15, -0.1) is 0 Å². The lowest BCUT2D eigenvalue weighted by Crippen LogP contribution is -1.84. The normalized spacial score (nSPS) is 11.1. The molecule has 0 heterocycles. The van der Waals surface area contributed by atoms with Gasteiger partial charge in [0, 0.05) is 21.5 Å². The summed E-state index contributed by atoms with van der Waals surface area (Å²) in [6, 6.07) is 13.6. The summed E-state index contributed by atoms with van der Waals surface area (Å²) >= 11 is 0. The molecule has 3 aromatic carbocycles. The molecule has 1 radical (unpaired) electrons. The van der Waals surface area contributed by atoms with Crippen LogP contribution < -0.4 is 0 Å². The van der Waals surface area contributed by atoms with E-state index in [0.29, 0.717) is 21.5 Å². The van der Waals surface area contributed by atoms with Crippen molar-refractivity contribution in [3.8, 4) is 5.75 Å². The summed E-state index contributed by atoms with van der Waals surface area (Å²) in [4.78, 5) is 0. The lowest BCUT2D eigenvalue weighted by molar-refractivity contribution is 0.365. The van der Waals surface area contributed by atoms with Crippen LogP contribution in [0.2, 0.25) is 0 Å². The fraction of sp³-hybridized carbons (Fsp3) is 0. The minimum absolute atomic E-state index is 0.104.